The lowest BCUT2D eigenvalue weighted by Crippen LogP contribution is -2.27. The fourth-order valence-electron chi connectivity index (χ4n) is 1.94. The summed E-state index contributed by atoms with van der Waals surface area (Å²) in [6.45, 7) is 1.37. The summed E-state index contributed by atoms with van der Waals surface area (Å²) in [6.07, 6.45) is 0. The fraction of sp³-hybridized carbons (Fsp3) is 0.214. The molecule has 0 bridgehead atoms. The Morgan fingerprint density at radius 2 is 1.88 bits per heavy atom. The maximum atomic E-state index is 12.4. The molecule has 0 amide bonds. The molecule has 0 fully saturated rings. The van der Waals surface area contributed by atoms with Crippen molar-refractivity contribution in [1.29, 1.82) is 0 Å². The monoisotopic (exact) mass is 352 g/mol. The number of benzene rings is 1. The van der Waals surface area contributed by atoms with Gasteiger partial charge in [0.1, 0.15) is 0 Å². The highest BCUT2D eigenvalue weighted by Crippen LogP contribution is 2.19. The van der Waals surface area contributed by atoms with Crippen LogP contribution in [0.2, 0.25) is 0 Å². The molecule has 0 atom stereocenters. The largest absolute Gasteiger partial charge is 0.468 e. The summed E-state index contributed by atoms with van der Waals surface area (Å²) in [5.74, 6) is -0.497. The topological polar surface area (TPSA) is 133 Å². The Morgan fingerprint density at radius 3 is 2.38 bits per heavy atom. The van der Waals surface area contributed by atoms with Gasteiger partial charge in [0.05, 0.1) is 12.0 Å². The third-order valence-electron chi connectivity index (χ3n) is 3.27. The molecule has 1 heterocycles. The summed E-state index contributed by atoms with van der Waals surface area (Å²) in [4.78, 5) is 27.1. The van der Waals surface area contributed by atoms with Gasteiger partial charge in [-0.15, -0.1) is 0 Å². The number of carbonyl (C=O) groups excluding carboxylic acids is 1. The molecule has 1 aromatic carbocycles. The van der Waals surface area contributed by atoms with Crippen LogP contribution in [-0.4, -0.2) is 30.9 Å². The third kappa shape index (κ3) is 3.23. The molecule has 2 rings (SSSR count). The molecule has 0 aliphatic carbocycles. The SMILES string of the molecule is COc1nc(N)c(NS(=O)(=O)c2ccc(C(C)=O)cc2)c(=O)n1C. The average molecular weight is 352 g/mol. The van der Waals surface area contributed by atoms with Crippen molar-refractivity contribution in [3.63, 3.8) is 0 Å². The Kier molecular flexibility index (Phi) is 4.60. The highest BCUT2D eigenvalue weighted by molar-refractivity contribution is 7.92. The zero-order valence-electron chi connectivity index (χ0n) is 13.2. The maximum Gasteiger partial charge on any atom is 0.300 e. The minimum atomic E-state index is -4.07. The van der Waals surface area contributed by atoms with Gasteiger partial charge < -0.3 is 10.5 Å². The number of rotatable bonds is 5. The van der Waals surface area contributed by atoms with E-state index in [1.807, 2.05) is 0 Å². The van der Waals surface area contributed by atoms with Gasteiger partial charge >= 0.3 is 6.01 Å². The van der Waals surface area contributed by atoms with Crippen LogP contribution >= 0.6 is 0 Å². The normalized spacial score (nSPS) is 11.1. The molecule has 0 radical (unpaired) electrons. The molecule has 0 aliphatic heterocycles. The minimum absolute atomic E-state index is 0.0498. The maximum absolute atomic E-state index is 12.4. The zero-order chi connectivity index (χ0) is 18.1. The number of ketones is 1. The second-order valence-electron chi connectivity index (χ2n) is 4.91. The lowest BCUT2D eigenvalue weighted by atomic mass is 10.2. The number of nitrogens with zero attached hydrogens (tertiary/aromatic N) is 2. The van der Waals surface area contributed by atoms with Gasteiger partial charge in [0, 0.05) is 12.6 Å². The van der Waals surface area contributed by atoms with Crippen LogP contribution in [0, 0.1) is 0 Å². The first kappa shape index (κ1) is 17.5. The first-order valence-electron chi connectivity index (χ1n) is 6.71. The zero-order valence-corrected chi connectivity index (χ0v) is 14.0. The number of nitrogens with two attached hydrogens (primary N) is 1. The van der Waals surface area contributed by atoms with Crippen LogP contribution in [-0.2, 0) is 17.1 Å². The van der Waals surface area contributed by atoms with Crippen LogP contribution in [0.15, 0.2) is 34.0 Å². The Morgan fingerprint density at radius 1 is 1.29 bits per heavy atom. The lowest BCUT2D eigenvalue weighted by Gasteiger charge is -2.12. The second-order valence-corrected chi connectivity index (χ2v) is 6.59. The summed E-state index contributed by atoms with van der Waals surface area (Å²) >= 11 is 0. The Balaban J connectivity index is 2.45. The van der Waals surface area contributed by atoms with Crippen LogP contribution < -0.4 is 20.8 Å². The molecule has 10 heteroatoms. The number of hydrogen-bond acceptors (Lipinski definition) is 7. The lowest BCUT2D eigenvalue weighted by molar-refractivity contribution is 0.101. The van der Waals surface area contributed by atoms with Crippen LogP contribution in [0.4, 0.5) is 11.5 Å². The Labute approximate surface area is 138 Å². The van der Waals surface area contributed by atoms with E-state index in [0.717, 1.165) is 4.57 Å². The van der Waals surface area contributed by atoms with Crippen molar-refractivity contribution in [3.05, 3.63) is 40.2 Å². The molecule has 1 aromatic heterocycles. The molecule has 0 unspecified atom stereocenters. The predicted molar refractivity (Wildman–Crippen MR) is 87.7 cm³/mol. The van der Waals surface area contributed by atoms with Gasteiger partial charge in [-0.2, -0.15) is 4.98 Å². The van der Waals surface area contributed by atoms with E-state index < -0.39 is 15.6 Å². The van der Waals surface area contributed by atoms with Crippen LogP contribution in [0.3, 0.4) is 0 Å². The molecule has 2 aromatic rings. The van der Waals surface area contributed by atoms with Crippen molar-refractivity contribution in [2.24, 2.45) is 7.05 Å². The molecular weight excluding hydrogens is 336 g/mol. The number of hydrogen-bond donors (Lipinski definition) is 2. The number of Topliss-reactive ketones (excluding diaryl/α,β-unsaturated/α-hetero) is 1. The standard InChI is InChI=1S/C14H16N4O5S/c1-8(19)9-4-6-10(7-5-9)24(21,22)17-11-12(15)16-14(23-3)18(2)13(11)20/h4-7,17H,15H2,1-3H3. The molecule has 128 valence electrons. The average Bonchev–Trinajstić information content (AvgIpc) is 2.55. The number of anilines is 2. The highest BCUT2D eigenvalue weighted by Gasteiger charge is 2.21. The predicted octanol–water partition coefficient (Wildman–Crippen LogP) is 0.374. The highest BCUT2D eigenvalue weighted by atomic mass is 32.2. The Bertz CT molecular complexity index is 948. The Hall–Kier alpha value is -2.88. The molecule has 24 heavy (non-hydrogen) atoms. The second kappa shape index (κ2) is 6.32. The number of nitrogens with one attached hydrogen (secondary N) is 1. The van der Waals surface area contributed by atoms with Crippen LogP contribution in [0.1, 0.15) is 17.3 Å². The summed E-state index contributed by atoms with van der Waals surface area (Å²) in [7, 11) is -1.40. The van der Waals surface area contributed by atoms with E-state index in [4.69, 9.17) is 10.5 Å². The number of nitrogen functional groups attached to an aromatic ring is 1. The van der Waals surface area contributed by atoms with E-state index in [2.05, 4.69) is 9.71 Å². The van der Waals surface area contributed by atoms with Crippen LogP contribution in [0.5, 0.6) is 6.01 Å². The molecule has 0 spiro atoms. The van der Waals surface area contributed by atoms with Gasteiger partial charge in [0.25, 0.3) is 15.6 Å². The molecule has 0 aliphatic rings. The molecule has 3 N–H and O–H groups in total. The van der Waals surface area contributed by atoms with E-state index in [1.165, 1.54) is 45.3 Å². The van der Waals surface area contributed by atoms with Gasteiger partial charge in [0.15, 0.2) is 17.3 Å². The van der Waals surface area contributed by atoms with Crippen LogP contribution in [0.25, 0.3) is 0 Å². The minimum Gasteiger partial charge on any atom is -0.468 e. The third-order valence-corrected chi connectivity index (χ3v) is 4.63. The number of carbonyl (C=O) groups is 1. The first-order chi connectivity index (χ1) is 11.2. The number of aromatic nitrogens is 2. The molecule has 9 nitrogen and oxygen atoms in total. The number of methoxy groups -OCH3 is 1. The molecule has 0 saturated carbocycles. The number of sulfonamides is 1. The molecular formula is C14H16N4O5S. The summed E-state index contributed by atoms with van der Waals surface area (Å²) in [5.41, 5.74) is 4.92. The van der Waals surface area contributed by atoms with Crippen molar-refractivity contribution in [3.8, 4) is 6.01 Å². The fourth-order valence-corrected chi connectivity index (χ4v) is 3.01. The van der Waals surface area contributed by atoms with E-state index in [-0.39, 0.29) is 28.2 Å². The smallest absolute Gasteiger partial charge is 0.300 e. The quantitative estimate of drug-likeness (QED) is 0.743. The van der Waals surface area contributed by atoms with Crippen molar-refractivity contribution in [2.45, 2.75) is 11.8 Å². The van der Waals surface area contributed by atoms with Crippen molar-refractivity contribution in [2.75, 3.05) is 17.6 Å². The summed E-state index contributed by atoms with van der Waals surface area (Å²) in [6, 6.07) is 5.23. The van der Waals surface area contributed by atoms with Gasteiger partial charge in [0.2, 0.25) is 0 Å². The van der Waals surface area contributed by atoms with Gasteiger partial charge in [-0.25, -0.2) is 8.42 Å². The van der Waals surface area contributed by atoms with Crippen molar-refractivity contribution >= 4 is 27.3 Å². The first-order valence-corrected chi connectivity index (χ1v) is 8.20. The van der Waals surface area contributed by atoms with E-state index in [1.54, 1.807) is 0 Å². The van der Waals surface area contributed by atoms with E-state index in [9.17, 15) is 18.0 Å². The van der Waals surface area contributed by atoms with Crippen molar-refractivity contribution < 1.29 is 17.9 Å². The van der Waals surface area contributed by atoms with Gasteiger partial charge in [-0.3, -0.25) is 18.9 Å². The van der Waals surface area contributed by atoms with Gasteiger partial charge in [-0.1, -0.05) is 12.1 Å². The summed E-state index contributed by atoms with van der Waals surface area (Å²) in [5, 5.41) is 0. The molecule has 0 saturated heterocycles. The van der Waals surface area contributed by atoms with E-state index in [0.29, 0.717) is 5.56 Å². The number of ether oxygens (including phenoxy) is 1. The van der Waals surface area contributed by atoms with E-state index >= 15 is 0 Å². The van der Waals surface area contributed by atoms with Crippen molar-refractivity contribution in [1.82, 2.24) is 9.55 Å². The van der Waals surface area contributed by atoms with Gasteiger partial charge in [-0.05, 0) is 19.1 Å². The summed E-state index contributed by atoms with van der Waals surface area (Å²) < 4.78 is 32.8.